The van der Waals surface area contributed by atoms with Crippen LogP contribution >= 0.6 is 11.6 Å². The Balaban J connectivity index is 1.84. The molecule has 0 saturated heterocycles. The summed E-state index contributed by atoms with van der Waals surface area (Å²) >= 11 is 5.73. The summed E-state index contributed by atoms with van der Waals surface area (Å²) in [5.41, 5.74) is 1.35. The molecule has 0 bridgehead atoms. The number of amides is 1. The minimum Gasteiger partial charge on any atom is -0.307 e. The van der Waals surface area contributed by atoms with Gasteiger partial charge in [-0.25, -0.2) is 4.98 Å². The van der Waals surface area contributed by atoms with Crippen molar-refractivity contribution in [2.45, 2.75) is 0 Å². The molecule has 2 N–H and O–H groups in total. The molecule has 3 rings (SSSR count). The number of aromatic amines is 1. The Morgan fingerprint density at radius 3 is 2.89 bits per heavy atom. The zero-order chi connectivity index (χ0) is 13.2. The van der Waals surface area contributed by atoms with E-state index in [9.17, 15) is 4.79 Å². The lowest BCUT2D eigenvalue weighted by Crippen LogP contribution is -2.12. The summed E-state index contributed by atoms with van der Waals surface area (Å²) in [5, 5.41) is 10.9. The fraction of sp³-hybridized carbons (Fsp3) is 0. The highest BCUT2D eigenvalue weighted by Gasteiger charge is 2.08. The van der Waals surface area contributed by atoms with Gasteiger partial charge >= 0.3 is 0 Å². The average molecular weight is 273 g/mol. The van der Waals surface area contributed by atoms with E-state index in [1.165, 1.54) is 6.20 Å². The van der Waals surface area contributed by atoms with Crippen molar-refractivity contribution in [2.75, 3.05) is 5.32 Å². The highest BCUT2D eigenvalue weighted by Crippen LogP contribution is 2.15. The predicted octanol–water partition coefficient (Wildman–Crippen LogP) is 2.86. The highest BCUT2D eigenvalue weighted by molar-refractivity contribution is 6.30. The second kappa shape index (κ2) is 4.70. The number of hydrogen-bond acceptors (Lipinski definition) is 3. The monoisotopic (exact) mass is 272 g/mol. The SMILES string of the molecule is O=C(Nc1ccc(Cl)cn1)c1ccc2cn[nH]c2c1. The van der Waals surface area contributed by atoms with Crippen molar-refractivity contribution < 1.29 is 4.79 Å². The number of halogens is 1. The number of anilines is 1. The number of benzene rings is 1. The van der Waals surface area contributed by atoms with E-state index in [-0.39, 0.29) is 5.91 Å². The lowest BCUT2D eigenvalue weighted by molar-refractivity contribution is 0.102. The minimum absolute atomic E-state index is 0.230. The van der Waals surface area contributed by atoms with Crippen LogP contribution in [0.15, 0.2) is 42.7 Å². The summed E-state index contributed by atoms with van der Waals surface area (Å²) in [7, 11) is 0. The first kappa shape index (κ1) is 11.7. The number of pyridine rings is 1. The molecular formula is C13H9ClN4O. The van der Waals surface area contributed by atoms with Crippen LogP contribution in [-0.4, -0.2) is 21.1 Å². The van der Waals surface area contributed by atoms with Crippen LogP contribution in [0.3, 0.4) is 0 Å². The van der Waals surface area contributed by atoms with E-state index in [4.69, 9.17) is 11.6 Å². The normalized spacial score (nSPS) is 10.6. The number of carbonyl (C=O) groups is 1. The predicted molar refractivity (Wildman–Crippen MR) is 73.3 cm³/mol. The lowest BCUT2D eigenvalue weighted by Gasteiger charge is -2.04. The molecule has 1 aromatic carbocycles. The molecule has 2 aromatic heterocycles. The van der Waals surface area contributed by atoms with Crippen LogP contribution in [0.25, 0.3) is 10.9 Å². The van der Waals surface area contributed by atoms with Gasteiger partial charge < -0.3 is 5.32 Å². The first-order chi connectivity index (χ1) is 9.22. The third-order valence-corrected chi connectivity index (χ3v) is 2.90. The topological polar surface area (TPSA) is 70.7 Å². The molecule has 0 radical (unpaired) electrons. The summed E-state index contributed by atoms with van der Waals surface area (Å²) in [4.78, 5) is 16.1. The standard InChI is InChI=1S/C13H9ClN4O/c14-10-3-4-12(15-7-10)17-13(19)8-1-2-9-6-16-18-11(9)5-8/h1-7H,(H,16,18)(H,15,17,19). The van der Waals surface area contributed by atoms with Crippen molar-refractivity contribution in [3.8, 4) is 0 Å². The Labute approximate surface area is 113 Å². The van der Waals surface area contributed by atoms with Gasteiger partial charge in [0.15, 0.2) is 0 Å². The summed E-state index contributed by atoms with van der Waals surface area (Å²) in [6, 6.07) is 8.64. The van der Waals surface area contributed by atoms with Gasteiger partial charge in [0.05, 0.1) is 16.7 Å². The molecule has 0 aliphatic heterocycles. The smallest absolute Gasteiger partial charge is 0.256 e. The molecular weight excluding hydrogens is 264 g/mol. The van der Waals surface area contributed by atoms with Gasteiger partial charge in [-0.1, -0.05) is 17.7 Å². The van der Waals surface area contributed by atoms with Gasteiger partial charge in [-0.15, -0.1) is 0 Å². The van der Waals surface area contributed by atoms with Crippen LogP contribution in [0.2, 0.25) is 5.02 Å². The Morgan fingerprint density at radius 1 is 1.21 bits per heavy atom. The largest absolute Gasteiger partial charge is 0.307 e. The number of hydrogen-bond donors (Lipinski definition) is 2. The molecule has 0 unspecified atom stereocenters. The maximum atomic E-state index is 12.0. The van der Waals surface area contributed by atoms with Crippen molar-refractivity contribution in [3.63, 3.8) is 0 Å². The third-order valence-electron chi connectivity index (χ3n) is 2.67. The molecule has 0 saturated carbocycles. The van der Waals surface area contributed by atoms with Crippen LogP contribution in [0.1, 0.15) is 10.4 Å². The van der Waals surface area contributed by atoms with Gasteiger partial charge in [0.25, 0.3) is 5.91 Å². The minimum atomic E-state index is -0.230. The maximum Gasteiger partial charge on any atom is 0.256 e. The number of aromatic nitrogens is 3. The maximum absolute atomic E-state index is 12.0. The fourth-order valence-corrected chi connectivity index (χ4v) is 1.83. The quantitative estimate of drug-likeness (QED) is 0.753. The number of nitrogens with zero attached hydrogens (tertiary/aromatic N) is 2. The van der Waals surface area contributed by atoms with E-state index in [2.05, 4.69) is 20.5 Å². The van der Waals surface area contributed by atoms with Crippen LogP contribution in [-0.2, 0) is 0 Å². The number of nitrogens with one attached hydrogen (secondary N) is 2. The van der Waals surface area contributed by atoms with E-state index in [0.717, 1.165) is 10.9 Å². The number of H-pyrrole nitrogens is 1. The second-order valence-electron chi connectivity index (χ2n) is 3.99. The zero-order valence-electron chi connectivity index (χ0n) is 9.72. The van der Waals surface area contributed by atoms with Crippen LogP contribution in [0.4, 0.5) is 5.82 Å². The van der Waals surface area contributed by atoms with E-state index in [1.54, 1.807) is 30.5 Å². The van der Waals surface area contributed by atoms with E-state index >= 15 is 0 Å². The molecule has 94 valence electrons. The number of carbonyl (C=O) groups excluding carboxylic acids is 1. The van der Waals surface area contributed by atoms with Crippen LogP contribution in [0.5, 0.6) is 0 Å². The Kier molecular flexibility index (Phi) is 2.89. The van der Waals surface area contributed by atoms with Crippen LogP contribution < -0.4 is 5.32 Å². The second-order valence-corrected chi connectivity index (χ2v) is 4.42. The van der Waals surface area contributed by atoms with E-state index < -0.39 is 0 Å². The number of fused-ring (bicyclic) bond motifs is 1. The van der Waals surface area contributed by atoms with Crippen molar-refractivity contribution in [1.29, 1.82) is 0 Å². The van der Waals surface area contributed by atoms with Crippen molar-refractivity contribution >= 4 is 34.2 Å². The van der Waals surface area contributed by atoms with Gasteiger partial charge in [0, 0.05) is 17.1 Å². The first-order valence-corrected chi connectivity index (χ1v) is 5.96. The molecule has 0 spiro atoms. The Hall–Kier alpha value is -2.40. The Bertz CT molecular complexity index is 736. The van der Waals surface area contributed by atoms with Gasteiger partial charge in [0.1, 0.15) is 5.82 Å². The summed E-state index contributed by atoms with van der Waals surface area (Å²) in [6.07, 6.45) is 3.19. The molecule has 6 heteroatoms. The van der Waals surface area contributed by atoms with Crippen molar-refractivity contribution in [3.05, 3.63) is 53.3 Å². The summed E-state index contributed by atoms with van der Waals surface area (Å²) in [5.74, 6) is 0.227. The molecule has 1 amide bonds. The van der Waals surface area contributed by atoms with E-state index in [1.807, 2.05) is 6.07 Å². The molecule has 19 heavy (non-hydrogen) atoms. The Morgan fingerprint density at radius 2 is 2.11 bits per heavy atom. The molecule has 2 heterocycles. The highest BCUT2D eigenvalue weighted by atomic mass is 35.5. The molecule has 0 fully saturated rings. The molecule has 0 aliphatic rings. The summed E-state index contributed by atoms with van der Waals surface area (Å²) < 4.78 is 0. The van der Waals surface area contributed by atoms with Gasteiger partial charge in [-0.3, -0.25) is 9.89 Å². The van der Waals surface area contributed by atoms with E-state index in [0.29, 0.717) is 16.4 Å². The first-order valence-electron chi connectivity index (χ1n) is 5.58. The lowest BCUT2D eigenvalue weighted by atomic mass is 10.1. The van der Waals surface area contributed by atoms with Gasteiger partial charge in [0.2, 0.25) is 0 Å². The van der Waals surface area contributed by atoms with Crippen molar-refractivity contribution in [1.82, 2.24) is 15.2 Å². The molecule has 0 aliphatic carbocycles. The summed E-state index contributed by atoms with van der Waals surface area (Å²) in [6.45, 7) is 0. The van der Waals surface area contributed by atoms with Crippen molar-refractivity contribution in [2.24, 2.45) is 0 Å². The number of rotatable bonds is 2. The van der Waals surface area contributed by atoms with Crippen LogP contribution in [0, 0.1) is 0 Å². The average Bonchev–Trinajstić information content (AvgIpc) is 2.88. The van der Waals surface area contributed by atoms with Gasteiger partial charge in [-0.2, -0.15) is 5.10 Å². The van der Waals surface area contributed by atoms with Gasteiger partial charge in [-0.05, 0) is 24.3 Å². The molecule has 0 atom stereocenters. The fourth-order valence-electron chi connectivity index (χ4n) is 1.72. The molecule has 3 aromatic rings. The third kappa shape index (κ3) is 2.41. The zero-order valence-corrected chi connectivity index (χ0v) is 10.5. The molecule has 5 nitrogen and oxygen atoms in total.